The summed E-state index contributed by atoms with van der Waals surface area (Å²) < 4.78 is 39.4. The summed E-state index contributed by atoms with van der Waals surface area (Å²) >= 11 is 3.21. The quantitative estimate of drug-likeness (QED) is 0.778. The molecular formula is C11H10BrF3O. The van der Waals surface area contributed by atoms with E-state index in [0.29, 0.717) is 10.0 Å². The molecule has 0 fully saturated rings. The van der Waals surface area contributed by atoms with Crippen molar-refractivity contribution in [2.75, 3.05) is 0 Å². The summed E-state index contributed by atoms with van der Waals surface area (Å²) in [6, 6.07) is 4.54. The highest BCUT2D eigenvalue weighted by atomic mass is 79.9. The fourth-order valence-electron chi connectivity index (χ4n) is 2.27. The Morgan fingerprint density at radius 2 is 2.06 bits per heavy atom. The maximum atomic E-state index is 12.9. The smallest absolute Gasteiger partial charge is 0.376 e. The van der Waals surface area contributed by atoms with Gasteiger partial charge in [-0.3, -0.25) is 0 Å². The first-order valence-electron chi connectivity index (χ1n) is 4.85. The van der Waals surface area contributed by atoms with Crippen LogP contribution in [0.2, 0.25) is 0 Å². The Kier molecular flexibility index (Phi) is 2.58. The molecule has 0 aliphatic heterocycles. The molecule has 0 radical (unpaired) electrons. The lowest BCUT2D eigenvalue weighted by molar-refractivity contribution is -0.280. The van der Waals surface area contributed by atoms with Gasteiger partial charge < -0.3 is 5.11 Å². The molecule has 0 heterocycles. The zero-order valence-electron chi connectivity index (χ0n) is 8.48. The van der Waals surface area contributed by atoms with Crippen molar-refractivity contribution in [1.29, 1.82) is 0 Å². The molecule has 0 saturated carbocycles. The fourth-order valence-corrected chi connectivity index (χ4v) is 2.80. The molecule has 0 aromatic heterocycles. The summed E-state index contributed by atoms with van der Waals surface area (Å²) in [6.45, 7) is 1.42. The number of alkyl halides is 3. The number of hydrogen-bond donors (Lipinski definition) is 1. The van der Waals surface area contributed by atoms with Crippen molar-refractivity contribution < 1.29 is 18.3 Å². The van der Waals surface area contributed by atoms with Gasteiger partial charge in [0, 0.05) is 10.4 Å². The van der Waals surface area contributed by atoms with Crippen LogP contribution in [0.4, 0.5) is 13.2 Å². The molecule has 1 nitrogen and oxygen atoms in total. The van der Waals surface area contributed by atoms with Crippen molar-refractivity contribution in [3.63, 3.8) is 0 Å². The molecule has 1 aromatic carbocycles. The van der Waals surface area contributed by atoms with Crippen LogP contribution in [-0.4, -0.2) is 11.3 Å². The van der Waals surface area contributed by atoms with E-state index in [9.17, 15) is 18.3 Å². The van der Waals surface area contributed by atoms with E-state index in [2.05, 4.69) is 15.9 Å². The Bertz CT molecular complexity index is 430. The molecule has 16 heavy (non-hydrogen) atoms. The van der Waals surface area contributed by atoms with Gasteiger partial charge in [0.1, 0.15) is 0 Å². The maximum Gasteiger partial charge on any atom is 0.421 e. The predicted molar refractivity (Wildman–Crippen MR) is 57.0 cm³/mol. The monoisotopic (exact) mass is 294 g/mol. The predicted octanol–water partition coefficient (Wildman–Crippen LogP) is 3.39. The number of rotatable bonds is 0. The van der Waals surface area contributed by atoms with Gasteiger partial charge in [0.05, 0.1) is 0 Å². The molecule has 1 aromatic rings. The Morgan fingerprint density at radius 1 is 1.44 bits per heavy atom. The lowest BCUT2D eigenvalue weighted by Gasteiger charge is -2.31. The lowest BCUT2D eigenvalue weighted by atomic mass is 9.88. The molecule has 5 heteroatoms. The highest BCUT2D eigenvalue weighted by Gasteiger charge is 2.61. The summed E-state index contributed by atoms with van der Waals surface area (Å²) in [4.78, 5) is 0. The summed E-state index contributed by atoms with van der Waals surface area (Å²) in [5.41, 5.74) is -2.19. The minimum absolute atomic E-state index is 0.0260. The van der Waals surface area contributed by atoms with E-state index in [4.69, 9.17) is 0 Å². The second-order valence-corrected chi connectivity index (χ2v) is 4.99. The van der Waals surface area contributed by atoms with Gasteiger partial charge in [0.2, 0.25) is 0 Å². The average Bonchev–Trinajstić information content (AvgIpc) is 2.43. The van der Waals surface area contributed by atoms with Gasteiger partial charge in [-0.2, -0.15) is 13.2 Å². The van der Waals surface area contributed by atoms with Gasteiger partial charge in [-0.1, -0.05) is 35.0 Å². The van der Waals surface area contributed by atoms with E-state index in [1.807, 2.05) is 0 Å². The third-order valence-corrected chi connectivity index (χ3v) is 3.93. The van der Waals surface area contributed by atoms with Crippen LogP contribution in [0.3, 0.4) is 0 Å². The minimum atomic E-state index is -4.64. The normalized spacial score (nSPS) is 29.2. The van der Waals surface area contributed by atoms with Crippen LogP contribution in [-0.2, 0) is 12.0 Å². The van der Waals surface area contributed by atoms with Crippen molar-refractivity contribution in [2.24, 2.45) is 5.92 Å². The van der Waals surface area contributed by atoms with Gasteiger partial charge >= 0.3 is 6.18 Å². The van der Waals surface area contributed by atoms with Crippen LogP contribution in [0.1, 0.15) is 18.1 Å². The standard InChI is InChI=1S/C11H10BrF3O/c1-6-5-7-8(3-2-4-9(7)12)10(6,16)11(13,14)15/h2-4,6,16H,5H2,1H3. The Labute approximate surface area is 99.4 Å². The second kappa shape index (κ2) is 3.47. The number of aliphatic hydroxyl groups is 1. The van der Waals surface area contributed by atoms with E-state index in [1.54, 1.807) is 6.07 Å². The SMILES string of the molecule is CC1Cc2c(Br)cccc2C1(O)C(F)(F)F. The summed E-state index contributed by atoms with van der Waals surface area (Å²) in [7, 11) is 0. The van der Waals surface area contributed by atoms with Crippen LogP contribution in [0.5, 0.6) is 0 Å². The fraction of sp³-hybridized carbons (Fsp3) is 0.455. The molecule has 2 unspecified atom stereocenters. The Hall–Kier alpha value is -0.550. The zero-order valence-corrected chi connectivity index (χ0v) is 10.1. The Morgan fingerprint density at radius 3 is 2.62 bits per heavy atom. The van der Waals surface area contributed by atoms with E-state index in [0.717, 1.165) is 0 Å². The first-order chi connectivity index (χ1) is 7.28. The zero-order chi connectivity index (χ0) is 12.1. The summed E-state index contributed by atoms with van der Waals surface area (Å²) in [5, 5.41) is 9.93. The molecule has 0 saturated heterocycles. The number of benzene rings is 1. The highest BCUT2D eigenvalue weighted by Crippen LogP contribution is 2.52. The van der Waals surface area contributed by atoms with Crippen molar-refractivity contribution in [2.45, 2.75) is 25.1 Å². The molecule has 1 N–H and O–H groups in total. The van der Waals surface area contributed by atoms with Crippen LogP contribution in [0.25, 0.3) is 0 Å². The average molecular weight is 295 g/mol. The first kappa shape index (κ1) is 11.9. The molecular weight excluding hydrogens is 285 g/mol. The molecule has 2 rings (SSSR count). The van der Waals surface area contributed by atoms with Crippen LogP contribution >= 0.6 is 15.9 Å². The van der Waals surface area contributed by atoms with Crippen molar-refractivity contribution in [3.8, 4) is 0 Å². The molecule has 1 aliphatic rings. The van der Waals surface area contributed by atoms with Gasteiger partial charge in [-0.25, -0.2) is 0 Å². The van der Waals surface area contributed by atoms with Gasteiger partial charge in [0.25, 0.3) is 0 Å². The molecule has 0 spiro atoms. The Balaban J connectivity index is 2.65. The highest BCUT2D eigenvalue weighted by molar-refractivity contribution is 9.10. The minimum Gasteiger partial charge on any atom is -0.376 e. The maximum absolute atomic E-state index is 12.9. The summed E-state index contributed by atoms with van der Waals surface area (Å²) in [5.74, 6) is -0.860. The number of hydrogen-bond acceptors (Lipinski definition) is 1. The first-order valence-corrected chi connectivity index (χ1v) is 5.64. The van der Waals surface area contributed by atoms with E-state index < -0.39 is 17.7 Å². The van der Waals surface area contributed by atoms with Crippen LogP contribution in [0, 0.1) is 5.92 Å². The lowest BCUT2D eigenvalue weighted by Crippen LogP contribution is -2.45. The molecule has 1 aliphatic carbocycles. The topological polar surface area (TPSA) is 20.2 Å². The van der Waals surface area contributed by atoms with E-state index in [1.165, 1.54) is 19.1 Å². The second-order valence-electron chi connectivity index (χ2n) is 4.14. The van der Waals surface area contributed by atoms with Crippen molar-refractivity contribution in [3.05, 3.63) is 33.8 Å². The third-order valence-electron chi connectivity index (χ3n) is 3.19. The van der Waals surface area contributed by atoms with Gasteiger partial charge in [0.15, 0.2) is 5.60 Å². The van der Waals surface area contributed by atoms with Crippen molar-refractivity contribution >= 4 is 15.9 Å². The van der Waals surface area contributed by atoms with E-state index in [-0.39, 0.29) is 12.0 Å². The molecule has 2 atom stereocenters. The molecule has 0 amide bonds. The van der Waals surface area contributed by atoms with Gasteiger partial charge in [-0.05, 0) is 23.6 Å². The number of halogens is 4. The van der Waals surface area contributed by atoms with Gasteiger partial charge in [-0.15, -0.1) is 0 Å². The van der Waals surface area contributed by atoms with Crippen molar-refractivity contribution in [1.82, 2.24) is 0 Å². The van der Waals surface area contributed by atoms with E-state index >= 15 is 0 Å². The molecule has 88 valence electrons. The number of fused-ring (bicyclic) bond motifs is 1. The molecule has 0 bridgehead atoms. The summed E-state index contributed by atoms with van der Waals surface area (Å²) in [6.07, 6.45) is -4.41. The largest absolute Gasteiger partial charge is 0.421 e. The third kappa shape index (κ3) is 1.41. The van der Waals surface area contributed by atoms with Crippen LogP contribution < -0.4 is 0 Å². The van der Waals surface area contributed by atoms with Crippen LogP contribution in [0.15, 0.2) is 22.7 Å².